The van der Waals surface area contributed by atoms with E-state index in [1.807, 2.05) is 0 Å². The van der Waals surface area contributed by atoms with Crippen molar-refractivity contribution < 1.29 is 43.9 Å². The second-order valence-electron chi connectivity index (χ2n) is 9.70. The molecule has 7 rings (SSSR count). The summed E-state index contributed by atoms with van der Waals surface area (Å²) >= 11 is -0.0318. The number of carbonyl (C=O) groups excluding carboxylic acids is 1. The number of halogens is 4. The zero-order valence-electron chi connectivity index (χ0n) is 19.6. The van der Waals surface area contributed by atoms with Gasteiger partial charge in [-0.15, -0.1) is 0 Å². The van der Waals surface area contributed by atoms with E-state index in [0.717, 1.165) is 21.3 Å². The third-order valence-corrected chi connectivity index (χ3v) is 10.7. The molecule has 1 amide bonds. The fraction of sp³-hybridized carbons (Fsp3) is 0.346. The molecule has 0 radical (unpaired) electrons. The molecule has 3 atom stereocenters. The molecule has 2 fully saturated rings. The van der Waals surface area contributed by atoms with Gasteiger partial charge in [-0.1, -0.05) is 0 Å². The summed E-state index contributed by atoms with van der Waals surface area (Å²) < 4.78 is 54.3. The van der Waals surface area contributed by atoms with Crippen molar-refractivity contribution >= 4 is 28.3 Å². The number of hydrogen-bond acceptors (Lipinski definition) is 5. The summed E-state index contributed by atoms with van der Waals surface area (Å²) in [6.07, 6.45) is 4.69. The molecule has 2 saturated heterocycles. The molecule has 0 aliphatic carbocycles. The second kappa shape index (κ2) is 8.47. The normalized spacial score (nSPS) is 23.1. The molecule has 37 heavy (non-hydrogen) atoms. The Hall–Kier alpha value is -3.09. The van der Waals surface area contributed by atoms with Crippen LogP contribution in [0.3, 0.4) is 0 Å². The van der Waals surface area contributed by atoms with Gasteiger partial charge in [0.25, 0.3) is 0 Å². The molecule has 7 nitrogen and oxygen atoms in total. The first-order valence-corrected chi connectivity index (χ1v) is 15.2. The average molecular weight is 620 g/mol. The van der Waals surface area contributed by atoms with Crippen molar-refractivity contribution in [3.8, 4) is 5.75 Å². The summed E-state index contributed by atoms with van der Waals surface area (Å²) in [6, 6.07) is 3.39. The van der Waals surface area contributed by atoms with Crippen LogP contribution in [0.25, 0.3) is 16.6 Å². The Morgan fingerprint density at radius 2 is 2.03 bits per heavy atom. The summed E-state index contributed by atoms with van der Waals surface area (Å²) in [5, 5.41) is 0. The number of hydrogen-bond donors (Lipinski definition) is 1. The monoisotopic (exact) mass is 620 g/mol. The van der Waals surface area contributed by atoms with Gasteiger partial charge in [-0.25, -0.2) is 4.39 Å². The maximum atomic E-state index is 16.4. The van der Waals surface area contributed by atoms with Crippen molar-refractivity contribution in [2.45, 2.75) is 37.3 Å². The van der Waals surface area contributed by atoms with Gasteiger partial charge in [0.2, 0.25) is 0 Å². The molecule has 192 valence electrons. The summed E-state index contributed by atoms with van der Waals surface area (Å²) in [5.41, 5.74) is 8.57. The average Bonchev–Trinajstić information content (AvgIpc) is 3.66. The van der Waals surface area contributed by atoms with Gasteiger partial charge in [-0.2, -0.15) is 0 Å². The first-order chi connectivity index (χ1) is 17.9. The van der Waals surface area contributed by atoms with Crippen LogP contribution >= 0.6 is 0 Å². The molecule has 0 spiro atoms. The Morgan fingerprint density at radius 1 is 1.16 bits per heavy atom. The number of likely N-dealkylation sites (tertiary alicyclic amines) is 1. The Kier molecular flexibility index (Phi) is 5.28. The predicted molar refractivity (Wildman–Crippen MR) is 126 cm³/mol. The first-order valence-electron chi connectivity index (χ1n) is 12.2. The number of nitrogens with zero attached hydrogens (tertiary/aromatic N) is 4. The standard InChI is InChI=1S/C26H22F3IN5O2/c27-15-4-3-13-23-18(37-24(13)21(15)29)2-1-7-34(23)26(36)14-8-16-22(19(20(14)28)12-5-6-30-9-12)33-25(31)17-10-32-11-35(16)17/h3-4,8,10-12,18,23H,1-2,5-7,9H2,(H2,31,33)/q-1/t12?,18?,23-/m0/s1. The molecule has 4 aromatic rings. The zero-order valence-corrected chi connectivity index (χ0v) is 21.7. The number of aromatic nitrogens is 3. The number of fused-ring (bicyclic) bond motifs is 6. The third-order valence-electron chi connectivity index (χ3n) is 7.67. The number of nitrogens with two attached hydrogens (primary N) is 1. The Bertz CT molecular complexity index is 1600. The number of nitrogen functional groups attached to an aromatic ring is 1. The van der Waals surface area contributed by atoms with Crippen molar-refractivity contribution in [3.05, 3.63) is 64.9 Å². The number of anilines is 1. The first kappa shape index (κ1) is 23.1. The molecular formula is C26H22F3IN5O2-. The van der Waals surface area contributed by atoms with E-state index in [9.17, 15) is 13.6 Å². The Morgan fingerprint density at radius 3 is 2.84 bits per heavy atom. The van der Waals surface area contributed by atoms with E-state index < -0.39 is 35.5 Å². The molecule has 2 unspecified atom stereocenters. The van der Waals surface area contributed by atoms with Crippen molar-refractivity contribution in [3.63, 3.8) is 0 Å². The minimum atomic E-state index is -1.06. The fourth-order valence-electron chi connectivity index (χ4n) is 5.94. The molecule has 3 aliphatic rings. The van der Waals surface area contributed by atoms with Gasteiger partial charge in [0.05, 0.1) is 0 Å². The number of ether oxygens (including phenoxy) is 1. The zero-order chi connectivity index (χ0) is 25.4. The van der Waals surface area contributed by atoms with E-state index in [1.54, 1.807) is 21.8 Å². The van der Waals surface area contributed by atoms with Crippen LogP contribution in [0, 0.1) is 17.5 Å². The van der Waals surface area contributed by atoms with Gasteiger partial charge in [0, 0.05) is 0 Å². The summed E-state index contributed by atoms with van der Waals surface area (Å²) in [5.74, 6) is -3.09. The third kappa shape index (κ3) is 3.35. The fourth-order valence-corrected chi connectivity index (χ4v) is 9.21. The van der Waals surface area contributed by atoms with Gasteiger partial charge in [-0.3, -0.25) is 0 Å². The molecular weight excluding hydrogens is 598 g/mol. The van der Waals surface area contributed by atoms with Crippen LogP contribution in [-0.2, 0) is 0 Å². The molecule has 5 heterocycles. The molecule has 2 N–H and O–H groups in total. The molecule has 0 saturated carbocycles. The maximum absolute atomic E-state index is 16.4. The molecule has 3 aliphatic heterocycles. The number of amides is 1. The van der Waals surface area contributed by atoms with Crippen LogP contribution in [0.2, 0.25) is 0 Å². The molecule has 0 bridgehead atoms. The quantitative estimate of drug-likeness (QED) is 0.269. The number of carbonyl (C=O) groups is 1. The predicted octanol–water partition coefficient (Wildman–Crippen LogP) is 1.20. The Balaban J connectivity index is 1.41. The molecule has 11 heteroatoms. The number of piperidine rings is 1. The van der Waals surface area contributed by atoms with Gasteiger partial charge in [-0.05, 0) is 0 Å². The number of alkyl halides is 2. The van der Waals surface area contributed by atoms with E-state index in [2.05, 4.69) is 9.97 Å². The van der Waals surface area contributed by atoms with Crippen molar-refractivity contribution in [1.29, 1.82) is 0 Å². The van der Waals surface area contributed by atoms with E-state index in [0.29, 0.717) is 47.1 Å². The van der Waals surface area contributed by atoms with E-state index in [-0.39, 0.29) is 44.3 Å². The van der Waals surface area contributed by atoms with Crippen LogP contribution < -0.4 is 31.7 Å². The minimum absolute atomic E-state index is 0.0300. The van der Waals surface area contributed by atoms with E-state index in [1.165, 1.54) is 12.1 Å². The van der Waals surface area contributed by atoms with Gasteiger partial charge in [0.15, 0.2) is 0 Å². The number of imidazole rings is 1. The van der Waals surface area contributed by atoms with Crippen LogP contribution in [0.1, 0.15) is 52.7 Å². The second-order valence-corrected chi connectivity index (χ2v) is 12.7. The topological polar surface area (TPSA) is 85.8 Å². The number of rotatable bonds is 2. The van der Waals surface area contributed by atoms with Crippen LogP contribution in [0.15, 0.2) is 30.7 Å². The van der Waals surface area contributed by atoms with Crippen LogP contribution in [0.4, 0.5) is 19.0 Å². The summed E-state index contributed by atoms with van der Waals surface area (Å²) in [6.45, 7) is 0.351. The van der Waals surface area contributed by atoms with Crippen molar-refractivity contribution in [2.24, 2.45) is 0 Å². The van der Waals surface area contributed by atoms with Crippen LogP contribution in [-0.4, -0.2) is 46.7 Å². The SMILES string of the molecule is Nc1nc2c(C3CC[I-]C3)c(F)c(C(=O)N3CCCC4Oc5c(ccc(F)c5F)[C@@H]43)cc2n2cncc12. The summed E-state index contributed by atoms with van der Waals surface area (Å²) in [7, 11) is 0. The van der Waals surface area contributed by atoms with E-state index >= 15 is 4.39 Å². The molecule has 2 aromatic heterocycles. The number of benzene rings is 2. The van der Waals surface area contributed by atoms with Gasteiger partial charge in [0.1, 0.15) is 0 Å². The molecule has 2 aromatic carbocycles. The van der Waals surface area contributed by atoms with Gasteiger partial charge < -0.3 is 0 Å². The summed E-state index contributed by atoms with van der Waals surface area (Å²) in [4.78, 5) is 24.4. The van der Waals surface area contributed by atoms with Crippen molar-refractivity contribution in [2.75, 3.05) is 21.1 Å². The van der Waals surface area contributed by atoms with E-state index in [4.69, 9.17) is 10.5 Å². The van der Waals surface area contributed by atoms with Crippen LogP contribution in [0.5, 0.6) is 5.75 Å². The van der Waals surface area contributed by atoms with Crippen molar-refractivity contribution in [1.82, 2.24) is 19.3 Å². The van der Waals surface area contributed by atoms with Gasteiger partial charge >= 0.3 is 216 Å². The Labute approximate surface area is 220 Å².